The molecule has 8 heteroatoms. The van der Waals surface area contributed by atoms with Crippen LogP contribution in [0.4, 0.5) is 5.69 Å². The lowest BCUT2D eigenvalue weighted by Gasteiger charge is -2.25. The predicted molar refractivity (Wildman–Crippen MR) is 126 cm³/mol. The van der Waals surface area contributed by atoms with Crippen LogP contribution in [0.25, 0.3) is 11.0 Å². The molecule has 1 aliphatic rings. The van der Waals surface area contributed by atoms with Gasteiger partial charge >= 0.3 is 0 Å². The molecule has 4 aromatic rings. The highest BCUT2D eigenvalue weighted by atomic mass is 79.9. The molecule has 5 rings (SSSR count). The summed E-state index contributed by atoms with van der Waals surface area (Å²) in [6.07, 6.45) is 0. The smallest absolute Gasteiger partial charge is 0.291 e. The Morgan fingerprint density at radius 3 is 2.39 bits per heavy atom. The number of fused-ring (bicyclic) bond motifs is 2. The van der Waals surface area contributed by atoms with E-state index in [9.17, 15) is 19.7 Å². The van der Waals surface area contributed by atoms with E-state index in [0.29, 0.717) is 16.5 Å². The molecule has 33 heavy (non-hydrogen) atoms. The minimum Gasteiger partial charge on any atom is -0.450 e. The summed E-state index contributed by atoms with van der Waals surface area (Å²) in [5.41, 5.74) is 2.80. The zero-order valence-corrected chi connectivity index (χ0v) is 19.0. The van der Waals surface area contributed by atoms with Gasteiger partial charge in [0.2, 0.25) is 5.76 Å². The van der Waals surface area contributed by atoms with Crippen LogP contribution in [0.2, 0.25) is 0 Å². The number of carbonyl (C=O) groups excluding carboxylic acids is 1. The Hall–Kier alpha value is -3.78. The van der Waals surface area contributed by atoms with Crippen LogP contribution < -0.4 is 5.43 Å². The SMILES string of the molecule is Cc1ccc(CN2C(=O)c3oc4ccc(Br)cc4c(=O)c3C2c2ccc([N+](=O)[O-])cc2)cc1. The van der Waals surface area contributed by atoms with E-state index < -0.39 is 16.9 Å². The van der Waals surface area contributed by atoms with Gasteiger partial charge in [0.15, 0.2) is 5.43 Å². The second-order valence-corrected chi connectivity index (χ2v) is 8.90. The molecule has 164 valence electrons. The zero-order chi connectivity index (χ0) is 23.3. The summed E-state index contributed by atoms with van der Waals surface area (Å²) < 4.78 is 6.65. The summed E-state index contributed by atoms with van der Waals surface area (Å²) in [6.45, 7) is 2.23. The monoisotopic (exact) mass is 504 g/mol. The molecule has 1 aliphatic heterocycles. The van der Waals surface area contributed by atoms with Crippen LogP contribution in [0.5, 0.6) is 0 Å². The van der Waals surface area contributed by atoms with Gasteiger partial charge in [-0.2, -0.15) is 0 Å². The zero-order valence-electron chi connectivity index (χ0n) is 17.4. The molecule has 3 aromatic carbocycles. The number of benzene rings is 3. The third kappa shape index (κ3) is 3.62. The molecule has 0 radical (unpaired) electrons. The molecule has 0 aliphatic carbocycles. The van der Waals surface area contributed by atoms with Gasteiger partial charge < -0.3 is 9.32 Å². The third-order valence-electron chi connectivity index (χ3n) is 5.82. The van der Waals surface area contributed by atoms with Crippen LogP contribution in [0.1, 0.15) is 38.9 Å². The lowest BCUT2D eigenvalue weighted by atomic mass is 9.98. The number of non-ortho nitro benzene ring substituents is 1. The van der Waals surface area contributed by atoms with E-state index in [1.54, 1.807) is 35.2 Å². The maximum Gasteiger partial charge on any atom is 0.291 e. The van der Waals surface area contributed by atoms with Crippen molar-refractivity contribution in [2.24, 2.45) is 0 Å². The van der Waals surface area contributed by atoms with E-state index in [0.717, 1.165) is 15.6 Å². The van der Waals surface area contributed by atoms with Crippen molar-refractivity contribution in [3.63, 3.8) is 0 Å². The first kappa shape index (κ1) is 21.1. The van der Waals surface area contributed by atoms with E-state index in [-0.39, 0.29) is 29.0 Å². The van der Waals surface area contributed by atoms with Crippen LogP contribution in [-0.4, -0.2) is 15.7 Å². The topological polar surface area (TPSA) is 93.7 Å². The Kier molecular flexibility index (Phi) is 5.09. The fourth-order valence-electron chi connectivity index (χ4n) is 4.17. The van der Waals surface area contributed by atoms with Gasteiger partial charge in [0.1, 0.15) is 5.58 Å². The maximum absolute atomic E-state index is 13.6. The van der Waals surface area contributed by atoms with Gasteiger partial charge in [0.05, 0.1) is 21.9 Å². The number of nitrogens with zero attached hydrogens (tertiary/aromatic N) is 2. The number of hydrogen-bond donors (Lipinski definition) is 0. The molecule has 0 saturated carbocycles. The summed E-state index contributed by atoms with van der Waals surface area (Å²) in [5, 5.41) is 11.5. The van der Waals surface area contributed by atoms with Crippen molar-refractivity contribution in [1.29, 1.82) is 0 Å². The molecule has 0 fully saturated rings. The van der Waals surface area contributed by atoms with Gasteiger partial charge in [-0.25, -0.2) is 0 Å². The van der Waals surface area contributed by atoms with Crippen molar-refractivity contribution in [2.45, 2.75) is 19.5 Å². The highest BCUT2D eigenvalue weighted by Crippen LogP contribution is 2.39. The first-order valence-electron chi connectivity index (χ1n) is 10.2. The molecule has 7 nitrogen and oxygen atoms in total. The number of carbonyl (C=O) groups is 1. The minimum atomic E-state index is -0.728. The molecular formula is C25H17BrN2O5. The molecule has 0 spiro atoms. The highest BCUT2D eigenvalue weighted by molar-refractivity contribution is 9.10. The van der Waals surface area contributed by atoms with Gasteiger partial charge in [0, 0.05) is 23.2 Å². The van der Waals surface area contributed by atoms with Crippen LogP contribution in [-0.2, 0) is 6.54 Å². The van der Waals surface area contributed by atoms with Crippen molar-refractivity contribution < 1.29 is 14.1 Å². The van der Waals surface area contributed by atoms with Gasteiger partial charge in [-0.1, -0.05) is 45.8 Å². The molecule has 2 heterocycles. The number of nitro benzene ring substituents is 1. The van der Waals surface area contributed by atoms with Crippen molar-refractivity contribution in [2.75, 3.05) is 0 Å². The van der Waals surface area contributed by atoms with E-state index in [1.165, 1.54) is 12.1 Å². The highest BCUT2D eigenvalue weighted by Gasteiger charge is 2.42. The molecule has 1 atom stereocenters. The number of amides is 1. The Labute approximate surface area is 196 Å². The normalized spacial score (nSPS) is 15.2. The molecule has 1 unspecified atom stereocenters. The second kappa shape index (κ2) is 7.97. The number of aryl methyl sites for hydroxylation is 1. The maximum atomic E-state index is 13.6. The van der Waals surface area contributed by atoms with Crippen LogP contribution in [0.3, 0.4) is 0 Å². The van der Waals surface area contributed by atoms with Crippen molar-refractivity contribution in [3.8, 4) is 0 Å². The van der Waals surface area contributed by atoms with Gasteiger partial charge in [-0.3, -0.25) is 19.7 Å². The molecule has 1 amide bonds. The van der Waals surface area contributed by atoms with E-state index in [2.05, 4.69) is 15.9 Å². The van der Waals surface area contributed by atoms with Crippen molar-refractivity contribution >= 4 is 38.5 Å². The largest absolute Gasteiger partial charge is 0.450 e. The van der Waals surface area contributed by atoms with Crippen molar-refractivity contribution in [1.82, 2.24) is 4.90 Å². The van der Waals surface area contributed by atoms with E-state index in [1.807, 2.05) is 31.2 Å². The minimum absolute atomic E-state index is 0.00490. The first-order chi connectivity index (χ1) is 15.8. The number of nitro groups is 1. The fourth-order valence-corrected chi connectivity index (χ4v) is 4.53. The van der Waals surface area contributed by atoms with Gasteiger partial charge in [-0.05, 0) is 48.4 Å². The Morgan fingerprint density at radius 1 is 1.03 bits per heavy atom. The van der Waals surface area contributed by atoms with Crippen molar-refractivity contribution in [3.05, 3.63) is 120 Å². The summed E-state index contributed by atoms with van der Waals surface area (Å²) in [4.78, 5) is 39.2. The Morgan fingerprint density at radius 2 is 1.73 bits per heavy atom. The van der Waals surface area contributed by atoms with Crippen LogP contribution in [0.15, 0.2) is 80.4 Å². The summed E-state index contributed by atoms with van der Waals surface area (Å²) in [6, 6.07) is 18.0. The Balaban J connectivity index is 1.70. The lowest BCUT2D eigenvalue weighted by Crippen LogP contribution is -2.29. The average Bonchev–Trinajstić information content (AvgIpc) is 3.08. The fraction of sp³-hybridized carbons (Fsp3) is 0.120. The van der Waals surface area contributed by atoms with Crippen LogP contribution in [0, 0.1) is 17.0 Å². The number of hydrogen-bond acceptors (Lipinski definition) is 5. The Bertz CT molecular complexity index is 1480. The standard InChI is InChI=1S/C25H17BrN2O5/c1-14-2-4-15(5-3-14)13-27-22(16-6-9-18(10-7-16)28(31)32)21-23(29)19-12-17(26)8-11-20(19)33-24(21)25(27)30/h2-12,22H,13H2,1H3. The van der Waals surface area contributed by atoms with E-state index >= 15 is 0 Å². The first-order valence-corrected chi connectivity index (χ1v) is 11.0. The molecule has 0 saturated heterocycles. The molecule has 0 bridgehead atoms. The van der Waals surface area contributed by atoms with Crippen LogP contribution >= 0.6 is 15.9 Å². The van der Waals surface area contributed by atoms with Gasteiger partial charge in [-0.15, -0.1) is 0 Å². The number of rotatable bonds is 4. The number of halogens is 1. The van der Waals surface area contributed by atoms with Gasteiger partial charge in [0.25, 0.3) is 11.6 Å². The summed E-state index contributed by atoms with van der Waals surface area (Å²) in [7, 11) is 0. The lowest BCUT2D eigenvalue weighted by molar-refractivity contribution is -0.384. The molecule has 1 aromatic heterocycles. The predicted octanol–water partition coefficient (Wildman–Crippen LogP) is 5.52. The second-order valence-electron chi connectivity index (χ2n) is 7.98. The third-order valence-corrected chi connectivity index (χ3v) is 6.31. The summed E-state index contributed by atoms with van der Waals surface area (Å²) >= 11 is 3.38. The quantitative estimate of drug-likeness (QED) is 0.269. The average molecular weight is 505 g/mol. The molecule has 0 N–H and O–H groups in total. The molecular weight excluding hydrogens is 488 g/mol. The van der Waals surface area contributed by atoms with E-state index in [4.69, 9.17) is 4.42 Å². The summed E-state index contributed by atoms with van der Waals surface area (Å²) in [5.74, 6) is -0.388.